The molecule has 37 heavy (non-hydrogen) atoms. The number of pyridine rings is 1. The van der Waals surface area contributed by atoms with Crippen molar-refractivity contribution in [1.82, 2.24) is 9.88 Å². The van der Waals surface area contributed by atoms with Gasteiger partial charge in [0.15, 0.2) is 0 Å². The molecule has 1 aliphatic heterocycles. The van der Waals surface area contributed by atoms with Gasteiger partial charge in [-0.15, -0.1) is 0 Å². The van der Waals surface area contributed by atoms with E-state index in [-0.39, 0.29) is 11.4 Å². The van der Waals surface area contributed by atoms with Crippen molar-refractivity contribution in [3.05, 3.63) is 70.6 Å². The van der Waals surface area contributed by atoms with Crippen molar-refractivity contribution < 1.29 is 19.0 Å². The van der Waals surface area contributed by atoms with Crippen molar-refractivity contribution in [2.45, 2.75) is 38.5 Å². The van der Waals surface area contributed by atoms with Crippen LogP contribution < -0.4 is 4.74 Å². The van der Waals surface area contributed by atoms with Crippen LogP contribution in [0.3, 0.4) is 0 Å². The Bertz CT molecular complexity index is 1300. The summed E-state index contributed by atoms with van der Waals surface area (Å²) in [6.45, 7) is 2.33. The number of carboxylic acid groups (broad SMARTS) is 1. The van der Waals surface area contributed by atoms with Gasteiger partial charge in [0.25, 0.3) is 0 Å². The van der Waals surface area contributed by atoms with E-state index >= 15 is 0 Å². The number of hydrogen-bond donors (Lipinski definition) is 1. The van der Waals surface area contributed by atoms with Gasteiger partial charge < -0.3 is 9.84 Å². The van der Waals surface area contributed by atoms with Crippen LogP contribution in [0.1, 0.15) is 43.2 Å². The summed E-state index contributed by atoms with van der Waals surface area (Å²) < 4.78 is 19.1. The van der Waals surface area contributed by atoms with Crippen molar-refractivity contribution in [1.29, 1.82) is 0 Å². The van der Waals surface area contributed by atoms with Crippen LogP contribution >= 0.6 is 11.6 Å². The summed E-state index contributed by atoms with van der Waals surface area (Å²) in [5, 5.41) is 10.5. The molecule has 5 nitrogen and oxygen atoms in total. The summed E-state index contributed by atoms with van der Waals surface area (Å²) in [5.74, 6) is 6.56. The maximum absolute atomic E-state index is 13.7. The Labute approximate surface area is 222 Å². The highest BCUT2D eigenvalue weighted by atomic mass is 35.5. The monoisotopic (exact) mass is 522 g/mol. The number of fused-ring (bicyclic) bond motifs is 1. The van der Waals surface area contributed by atoms with Gasteiger partial charge in [-0.2, -0.15) is 0 Å². The van der Waals surface area contributed by atoms with Gasteiger partial charge in [-0.25, -0.2) is 4.39 Å². The van der Waals surface area contributed by atoms with Gasteiger partial charge in [0.1, 0.15) is 11.6 Å². The van der Waals surface area contributed by atoms with Gasteiger partial charge in [-0.1, -0.05) is 23.4 Å². The maximum atomic E-state index is 13.7. The maximum Gasteiger partial charge on any atom is 0.303 e. The molecule has 2 heterocycles. The Hall–Kier alpha value is -3.14. The highest BCUT2D eigenvalue weighted by Crippen LogP contribution is 2.32. The summed E-state index contributed by atoms with van der Waals surface area (Å²) in [6, 6.07) is 12.6. The molecule has 7 heteroatoms. The first kappa shape index (κ1) is 26.9. The predicted molar refractivity (Wildman–Crippen MR) is 144 cm³/mol. The summed E-state index contributed by atoms with van der Waals surface area (Å²) in [7, 11) is 1.67. The fraction of sp³-hybridized carbons (Fsp3) is 0.400. The molecule has 1 N–H and O–H groups in total. The number of rotatable bonds is 9. The van der Waals surface area contributed by atoms with Crippen molar-refractivity contribution in [2.75, 3.05) is 26.7 Å². The first-order valence-corrected chi connectivity index (χ1v) is 13.1. The average Bonchev–Trinajstić information content (AvgIpc) is 2.90. The van der Waals surface area contributed by atoms with Gasteiger partial charge in [-0.05, 0) is 98.5 Å². The van der Waals surface area contributed by atoms with Gasteiger partial charge >= 0.3 is 5.97 Å². The highest BCUT2D eigenvalue weighted by molar-refractivity contribution is 6.30. The summed E-state index contributed by atoms with van der Waals surface area (Å²) in [4.78, 5) is 18.1. The first-order valence-electron chi connectivity index (χ1n) is 12.7. The lowest BCUT2D eigenvalue weighted by Gasteiger charge is -2.38. The van der Waals surface area contributed by atoms with E-state index in [0.29, 0.717) is 30.4 Å². The molecule has 0 amide bonds. The number of nitrogens with zero attached hydrogens (tertiary/aromatic N) is 2. The van der Waals surface area contributed by atoms with Gasteiger partial charge in [0.2, 0.25) is 0 Å². The number of ether oxygens (including phenoxy) is 1. The minimum atomic E-state index is -0.752. The second-order valence-electron chi connectivity index (χ2n) is 9.65. The molecule has 4 rings (SSSR count). The Balaban J connectivity index is 1.36. The molecular formula is C30H32ClFN2O3. The molecule has 1 saturated heterocycles. The molecule has 1 aromatic heterocycles. The van der Waals surface area contributed by atoms with Crippen LogP contribution in [-0.2, 0) is 11.2 Å². The molecule has 1 aliphatic rings. The van der Waals surface area contributed by atoms with Gasteiger partial charge in [0.05, 0.1) is 24.2 Å². The van der Waals surface area contributed by atoms with E-state index in [1.807, 2.05) is 24.4 Å². The lowest BCUT2D eigenvalue weighted by atomic mass is 9.79. The van der Waals surface area contributed by atoms with Crippen LogP contribution in [0.2, 0.25) is 5.02 Å². The lowest BCUT2D eigenvalue weighted by molar-refractivity contribution is -0.137. The quantitative estimate of drug-likeness (QED) is 0.338. The average molecular weight is 523 g/mol. The number of likely N-dealkylation sites (tertiary alicyclic amines) is 1. The van der Waals surface area contributed by atoms with Crippen molar-refractivity contribution in [3.63, 3.8) is 0 Å². The third-order valence-electron chi connectivity index (χ3n) is 7.22. The van der Waals surface area contributed by atoms with Crippen molar-refractivity contribution in [2.24, 2.45) is 11.8 Å². The van der Waals surface area contributed by atoms with E-state index in [4.69, 9.17) is 16.3 Å². The number of halogens is 2. The number of benzene rings is 2. The summed E-state index contributed by atoms with van der Waals surface area (Å²) in [5.41, 5.74) is 2.83. The summed E-state index contributed by atoms with van der Waals surface area (Å²) >= 11 is 5.75. The van der Waals surface area contributed by atoms with Crippen molar-refractivity contribution >= 4 is 28.5 Å². The van der Waals surface area contributed by atoms with Crippen LogP contribution in [0.15, 0.2) is 48.7 Å². The van der Waals surface area contributed by atoms with Crippen molar-refractivity contribution in [3.8, 4) is 17.6 Å². The smallest absolute Gasteiger partial charge is 0.303 e. The fourth-order valence-electron chi connectivity index (χ4n) is 5.22. The molecule has 2 atom stereocenters. The van der Waals surface area contributed by atoms with Crippen LogP contribution in [-0.4, -0.2) is 47.7 Å². The van der Waals surface area contributed by atoms with E-state index in [9.17, 15) is 14.3 Å². The third-order valence-corrected chi connectivity index (χ3v) is 7.53. The number of aromatic nitrogens is 1. The van der Waals surface area contributed by atoms with Crippen LogP contribution in [0, 0.1) is 29.5 Å². The zero-order valence-corrected chi connectivity index (χ0v) is 21.8. The SMILES string of the molecule is COc1ccc2nccc(CCCC3CCN(CC#Cc4ccc(Cl)c(F)c4)CC3CCC(=O)O)c2c1. The van der Waals surface area contributed by atoms with E-state index < -0.39 is 11.8 Å². The molecule has 3 aromatic rings. The largest absolute Gasteiger partial charge is 0.497 e. The highest BCUT2D eigenvalue weighted by Gasteiger charge is 2.29. The number of carboxylic acids is 1. The number of carbonyl (C=O) groups is 1. The van der Waals surface area contributed by atoms with Crippen LogP contribution in [0.25, 0.3) is 10.9 Å². The molecule has 0 saturated carbocycles. The third kappa shape index (κ3) is 7.44. The summed E-state index contributed by atoms with van der Waals surface area (Å²) in [6.07, 6.45) is 6.76. The molecule has 0 radical (unpaired) electrons. The van der Waals surface area contributed by atoms with E-state index in [2.05, 4.69) is 27.8 Å². The number of piperidine rings is 1. The normalized spacial score (nSPS) is 17.8. The topological polar surface area (TPSA) is 62.7 Å². The van der Waals surface area contributed by atoms with E-state index in [0.717, 1.165) is 55.4 Å². The second kappa shape index (κ2) is 12.9. The Morgan fingerprint density at radius 3 is 2.86 bits per heavy atom. The molecular weight excluding hydrogens is 491 g/mol. The number of aliphatic carboxylic acids is 1. The molecule has 0 spiro atoms. The Morgan fingerprint density at radius 2 is 2.08 bits per heavy atom. The number of aryl methyl sites for hydroxylation is 1. The molecule has 2 aromatic carbocycles. The predicted octanol–water partition coefficient (Wildman–Crippen LogP) is 6.21. The molecule has 194 valence electrons. The minimum absolute atomic E-state index is 0.0886. The molecule has 0 bridgehead atoms. The molecule has 0 aliphatic carbocycles. The van der Waals surface area contributed by atoms with Gasteiger partial charge in [0, 0.05) is 30.1 Å². The first-order chi connectivity index (χ1) is 17.9. The number of methoxy groups -OCH3 is 1. The van der Waals surface area contributed by atoms with E-state index in [1.165, 1.54) is 17.7 Å². The van der Waals surface area contributed by atoms with Crippen LogP contribution in [0.5, 0.6) is 5.75 Å². The van der Waals surface area contributed by atoms with Crippen LogP contribution in [0.4, 0.5) is 4.39 Å². The lowest BCUT2D eigenvalue weighted by Crippen LogP contribution is -2.41. The zero-order valence-electron chi connectivity index (χ0n) is 21.1. The number of hydrogen-bond acceptors (Lipinski definition) is 4. The Kier molecular flexibility index (Phi) is 9.38. The van der Waals surface area contributed by atoms with E-state index in [1.54, 1.807) is 13.2 Å². The fourth-order valence-corrected chi connectivity index (χ4v) is 5.34. The Morgan fingerprint density at radius 1 is 1.22 bits per heavy atom. The molecule has 1 fully saturated rings. The molecule has 2 unspecified atom stereocenters. The second-order valence-corrected chi connectivity index (χ2v) is 10.1. The zero-order chi connectivity index (χ0) is 26.2. The van der Waals surface area contributed by atoms with Gasteiger partial charge in [-0.3, -0.25) is 14.7 Å². The minimum Gasteiger partial charge on any atom is -0.497 e. The standard InChI is InChI=1S/C30H32ClFN2O3/c1-37-25-9-11-29-26(19-25)23(13-15-33-29)6-2-5-22-14-17-34(20-24(22)8-12-30(35)36)16-3-4-21-7-10-27(31)28(32)18-21/h7,9-11,13,15,18-19,22,24H,2,5-6,8,12,14,16-17,20H2,1H3,(H,35,36).